The number of unbranched alkanes of at least 4 members (excludes halogenated alkanes) is 5. The molecule has 0 saturated heterocycles. The molecule has 0 aliphatic rings. The summed E-state index contributed by atoms with van der Waals surface area (Å²) in [5.74, 6) is 0. The van der Waals surface area contributed by atoms with Crippen molar-refractivity contribution in [3.8, 4) is 0 Å². The first kappa shape index (κ1) is 11.4. The highest BCUT2D eigenvalue weighted by Crippen LogP contribution is 2.04. The van der Waals surface area contributed by atoms with Crippen LogP contribution in [0.5, 0.6) is 0 Å². The second-order valence-electron chi connectivity index (χ2n) is 2.99. The molecule has 0 heterocycles. The first-order valence-corrected chi connectivity index (χ1v) is 5.04. The van der Waals surface area contributed by atoms with Crippen molar-refractivity contribution in [2.24, 2.45) is 4.99 Å². The van der Waals surface area contributed by atoms with E-state index in [0.29, 0.717) is 0 Å². The van der Waals surface area contributed by atoms with Crippen LogP contribution in [0.15, 0.2) is 17.3 Å². The standard InChI is InChI=1S/C11H21N/c1-3-5-6-7-8-9-10-11-12-4-2/h4,10-11H,3,5-9H2,1-2H3/b11-10-,12-4-. The maximum Gasteiger partial charge on any atom is 0.0223 e. The topological polar surface area (TPSA) is 12.4 Å². The Labute approximate surface area is 76.6 Å². The summed E-state index contributed by atoms with van der Waals surface area (Å²) in [5.41, 5.74) is 0. The molecule has 0 aliphatic carbocycles. The van der Waals surface area contributed by atoms with Gasteiger partial charge in [-0.3, -0.25) is 4.99 Å². The summed E-state index contributed by atoms with van der Waals surface area (Å²) in [4.78, 5) is 4.00. The van der Waals surface area contributed by atoms with Gasteiger partial charge in [-0.05, 0) is 19.8 Å². The first-order chi connectivity index (χ1) is 5.91. The second-order valence-corrected chi connectivity index (χ2v) is 2.99. The fraction of sp³-hybridized carbons (Fsp3) is 0.727. The van der Waals surface area contributed by atoms with Crippen molar-refractivity contribution in [2.75, 3.05) is 0 Å². The van der Waals surface area contributed by atoms with Crippen LogP contribution in [-0.4, -0.2) is 6.21 Å². The first-order valence-electron chi connectivity index (χ1n) is 5.04. The van der Waals surface area contributed by atoms with Crippen LogP contribution in [0.3, 0.4) is 0 Å². The van der Waals surface area contributed by atoms with E-state index >= 15 is 0 Å². The van der Waals surface area contributed by atoms with Crippen LogP contribution >= 0.6 is 0 Å². The van der Waals surface area contributed by atoms with Gasteiger partial charge in [-0.2, -0.15) is 0 Å². The Morgan fingerprint density at radius 1 is 1.08 bits per heavy atom. The lowest BCUT2D eigenvalue weighted by molar-refractivity contribution is 0.637. The van der Waals surface area contributed by atoms with Crippen LogP contribution in [-0.2, 0) is 0 Å². The summed E-state index contributed by atoms with van der Waals surface area (Å²) in [7, 11) is 0. The lowest BCUT2D eigenvalue weighted by Crippen LogP contribution is -1.75. The van der Waals surface area contributed by atoms with Gasteiger partial charge in [0.2, 0.25) is 0 Å². The van der Waals surface area contributed by atoms with Gasteiger partial charge in [0, 0.05) is 12.4 Å². The van der Waals surface area contributed by atoms with Crippen molar-refractivity contribution in [1.29, 1.82) is 0 Å². The lowest BCUT2D eigenvalue weighted by atomic mass is 10.1. The Morgan fingerprint density at radius 2 is 1.83 bits per heavy atom. The average Bonchev–Trinajstić information content (AvgIpc) is 2.10. The molecule has 0 bridgehead atoms. The van der Waals surface area contributed by atoms with Crippen LogP contribution in [0.4, 0.5) is 0 Å². The molecule has 0 aliphatic heterocycles. The zero-order chi connectivity index (χ0) is 9.07. The Hall–Kier alpha value is -0.590. The Bertz CT molecular complexity index is 125. The molecule has 0 amide bonds. The van der Waals surface area contributed by atoms with Gasteiger partial charge in [0.1, 0.15) is 0 Å². The van der Waals surface area contributed by atoms with Gasteiger partial charge in [0.05, 0.1) is 0 Å². The third-order valence-electron chi connectivity index (χ3n) is 1.81. The SMILES string of the molecule is C/C=N\C=C/CCCCCCC. The Balaban J connectivity index is 3.00. The van der Waals surface area contributed by atoms with Gasteiger partial charge in [0.25, 0.3) is 0 Å². The van der Waals surface area contributed by atoms with Crippen LogP contribution in [0.25, 0.3) is 0 Å². The minimum absolute atomic E-state index is 1.18. The van der Waals surface area contributed by atoms with Gasteiger partial charge in [-0.15, -0.1) is 0 Å². The van der Waals surface area contributed by atoms with E-state index in [4.69, 9.17) is 0 Å². The van der Waals surface area contributed by atoms with E-state index in [2.05, 4.69) is 18.0 Å². The molecule has 70 valence electrons. The monoisotopic (exact) mass is 167 g/mol. The third-order valence-corrected chi connectivity index (χ3v) is 1.81. The van der Waals surface area contributed by atoms with Crippen molar-refractivity contribution in [2.45, 2.75) is 52.4 Å². The van der Waals surface area contributed by atoms with Crippen LogP contribution in [0, 0.1) is 0 Å². The largest absolute Gasteiger partial charge is 0.270 e. The maximum atomic E-state index is 4.00. The van der Waals surface area contributed by atoms with Crippen LogP contribution in [0.1, 0.15) is 52.4 Å². The number of hydrogen-bond donors (Lipinski definition) is 0. The normalized spacial score (nSPS) is 11.8. The molecule has 1 nitrogen and oxygen atoms in total. The fourth-order valence-electron chi connectivity index (χ4n) is 1.09. The summed E-state index contributed by atoms with van der Waals surface area (Å²) in [5, 5.41) is 0. The van der Waals surface area contributed by atoms with E-state index in [-0.39, 0.29) is 0 Å². The molecule has 0 saturated carbocycles. The molecule has 0 atom stereocenters. The summed E-state index contributed by atoms with van der Waals surface area (Å²) in [6, 6.07) is 0. The van der Waals surface area contributed by atoms with Crippen molar-refractivity contribution in [1.82, 2.24) is 0 Å². The predicted molar refractivity (Wildman–Crippen MR) is 56.7 cm³/mol. The molecule has 0 radical (unpaired) electrons. The molecular weight excluding hydrogens is 146 g/mol. The predicted octanol–water partition coefficient (Wildman–Crippen LogP) is 3.95. The van der Waals surface area contributed by atoms with E-state index in [9.17, 15) is 0 Å². The zero-order valence-corrected chi connectivity index (χ0v) is 8.42. The second kappa shape index (κ2) is 10.4. The highest BCUT2D eigenvalue weighted by molar-refractivity contribution is 5.54. The van der Waals surface area contributed by atoms with Gasteiger partial charge in [-0.25, -0.2) is 0 Å². The van der Waals surface area contributed by atoms with E-state index in [1.54, 1.807) is 0 Å². The van der Waals surface area contributed by atoms with Crippen LogP contribution < -0.4 is 0 Å². The van der Waals surface area contributed by atoms with Gasteiger partial charge in [-0.1, -0.05) is 38.7 Å². The fourth-order valence-corrected chi connectivity index (χ4v) is 1.09. The van der Waals surface area contributed by atoms with Gasteiger partial charge >= 0.3 is 0 Å². The molecule has 12 heavy (non-hydrogen) atoms. The highest BCUT2D eigenvalue weighted by Gasteiger charge is 1.85. The number of aliphatic imine (C=N–C) groups is 1. The lowest BCUT2D eigenvalue weighted by Gasteiger charge is -1.95. The molecular formula is C11H21N. The van der Waals surface area contributed by atoms with Crippen molar-refractivity contribution < 1.29 is 0 Å². The van der Waals surface area contributed by atoms with Gasteiger partial charge in [0.15, 0.2) is 0 Å². The number of hydrogen-bond acceptors (Lipinski definition) is 1. The molecule has 1 heteroatoms. The summed E-state index contributed by atoms with van der Waals surface area (Å²) in [6.07, 6.45) is 13.8. The smallest absolute Gasteiger partial charge is 0.0223 e. The minimum atomic E-state index is 1.18. The summed E-state index contributed by atoms with van der Waals surface area (Å²) >= 11 is 0. The molecule has 0 aromatic carbocycles. The molecule has 0 unspecified atom stereocenters. The van der Waals surface area contributed by atoms with E-state index < -0.39 is 0 Å². The minimum Gasteiger partial charge on any atom is -0.270 e. The summed E-state index contributed by atoms with van der Waals surface area (Å²) in [6.45, 7) is 4.18. The zero-order valence-electron chi connectivity index (χ0n) is 8.42. The number of allylic oxidation sites excluding steroid dienone is 1. The maximum absolute atomic E-state index is 4.00. The molecule has 0 N–H and O–H groups in total. The van der Waals surface area contributed by atoms with E-state index in [1.165, 1.54) is 38.5 Å². The number of nitrogens with zero attached hydrogens (tertiary/aromatic N) is 1. The number of rotatable bonds is 7. The van der Waals surface area contributed by atoms with E-state index in [1.807, 2.05) is 19.3 Å². The van der Waals surface area contributed by atoms with Crippen molar-refractivity contribution in [3.05, 3.63) is 12.3 Å². The third kappa shape index (κ3) is 9.41. The van der Waals surface area contributed by atoms with Crippen molar-refractivity contribution >= 4 is 6.21 Å². The van der Waals surface area contributed by atoms with Crippen molar-refractivity contribution in [3.63, 3.8) is 0 Å². The Morgan fingerprint density at radius 3 is 2.50 bits per heavy atom. The van der Waals surface area contributed by atoms with Gasteiger partial charge < -0.3 is 0 Å². The average molecular weight is 167 g/mol. The Kier molecular flexibility index (Phi) is 9.90. The molecule has 0 aromatic heterocycles. The molecule has 0 fully saturated rings. The highest BCUT2D eigenvalue weighted by atomic mass is 14.6. The molecule has 0 aromatic rings. The quantitative estimate of drug-likeness (QED) is 0.402. The van der Waals surface area contributed by atoms with E-state index in [0.717, 1.165) is 0 Å². The molecule has 0 spiro atoms. The van der Waals surface area contributed by atoms with Crippen LogP contribution in [0.2, 0.25) is 0 Å². The molecule has 0 rings (SSSR count). The summed E-state index contributed by atoms with van der Waals surface area (Å²) < 4.78 is 0.